The minimum absolute atomic E-state index is 0.218. The molecule has 2 aromatic rings. The van der Waals surface area contributed by atoms with E-state index in [0.717, 1.165) is 11.1 Å². The SMILES string of the molecule is N[C@@H](Cc1ccc(F)cc1)C(=O)O.N[C@H](Cc1ccc(F)cc1)C(=O)O. The first kappa shape index (κ1) is 21.2. The van der Waals surface area contributed by atoms with Gasteiger partial charge in [0.25, 0.3) is 0 Å². The molecule has 6 N–H and O–H groups in total. The molecule has 140 valence electrons. The van der Waals surface area contributed by atoms with E-state index >= 15 is 0 Å². The van der Waals surface area contributed by atoms with E-state index in [4.69, 9.17) is 21.7 Å². The van der Waals surface area contributed by atoms with Gasteiger partial charge < -0.3 is 21.7 Å². The van der Waals surface area contributed by atoms with Crippen LogP contribution in [0.3, 0.4) is 0 Å². The molecule has 0 saturated carbocycles. The van der Waals surface area contributed by atoms with Crippen LogP contribution in [0.1, 0.15) is 11.1 Å². The normalized spacial score (nSPS) is 12.5. The number of nitrogens with two attached hydrogens (primary N) is 2. The first-order valence-corrected chi connectivity index (χ1v) is 7.64. The smallest absolute Gasteiger partial charge is 0.320 e. The van der Waals surface area contributed by atoms with Crippen LogP contribution in [-0.2, 0) is 22.4 Å². The van der Waals surface area contributed by atoms with Gasteiger partial charge in [-0.2, -0.15) is 0 Å². The molecule has 2 atom stereocenters. The fraction of sp³-hybridized carbons (Fsp3) is 0.222. The molecule has 8 heteroatoms. The van der Waals surface area contributed by atoms with Crippen molar-refractivity contribution < 1.29 is 28.6 Å². The van der Waals surface area contributed by atoms with E-state index in [9.17, 15) is 18.4 Å². The highest BCUT2D eigenvalue weighted by atomic mass is 19.1. The second kappa shape index (κ2) is 10.2. The summed E-state index contributed by atoms with van der Waals surface area (Å²) >= 11 is 0. The summed E-state index contributed by atoms with van der Waals surface area (Å²) in [4.78, 5) is 20.7. The molecule has 6 nitrogen and oxygen atoms in total. The maximum Gasteiger partial charge on any atom is 0.320 e. The van der Waals surface area contributed by atoms with Crippen LogP contribution in [0.15, 0.2) is 48.5 Å². The van der Waals surface area contributed by atoms with E-state index in [2.05, 4.69) is 0 Å². The number of hydrogen-bond acceptors (Lipinski definition) is 4. The van der Waals surface area contributed by atoms with E-state index in [1.54, 1.807) is 0 Å². The van der Waals surface area contributed by atoms with Gasteiger partial charge in [-0.25, -0.2) is 8.78 Å². The van der Waals surface area contributed by atoms with Gasteiger partial charge in [0.05, 0.1) is 0 Å². The average Bonchev–Trinajstić information content (AvgIpc) is 2.59. The van der Waals surface area contributed by atoms with E-state index in [1.807, 2.05) is 0 Å². The van der Waals surface area contributed by atoms with E-state index in [0.29, 0.717) is 0 Å². The molecule has 2 aromatic carbocycles. The molecule has 0 aliphatic heterocycles. The molecular weight excluding hydrogens is 346 g/mol. The van der Waals surface area contributed by atoms with Crippen LogP contribution in [0.4, 0.5) is 8.78 Å². The molecule has 0 aliphatic rings. The van der Waals surface area contributed by atoms with Crippen molar-refractivity contribution in [1.29, 1.82) is 0 Å². The molecule has 0 spiro atoms. The highest BCUT2D eigenvalue weighted by molar-refractivity contribution is 5.73. The van der Waals surface area contributed by atoms with Gasteiger partial charge in [0.2, 0.25) is 0 Å². The lowest BCUT2D eigenvalue weighted by Crippen LogP contribution is -2.32. The van der Waals surface area contributed by atoms with Crippen LogP contribution >= 0.6 is 0 Å². The van der Waals surface area contributed by atoms with Gasteiger partial charge in [-0.15, -0.1) is 0 Å². The van der Waals surface area contributed by atoms with Crippen LogP contribution < -0.4 is 11.5 Å². The van der Waals surface area contributed by atoms with Crippen LogP contribution in [0.25, 0.3) is 0 Å². The van der Waals surface area contributed by atoms with E-state index < -0.39 is 24.0 Å². The quantitative estimate of drug-likeness (QED) is 0.614. The van der Waals surface area contributed by atoms with Crippen molar-refractivity contribution in [2.45, 2.75) is 24.9 Å². The molecule has 0 bridgehead atoms. The highest BCUT2D eigenvalue weighted by Gasteiger charge is 2.12. The Balaban J connectivity index is 0.000000260. The third-order valence-electron chi connectivity index (χ3n) is 3.37. The lowest BCUT2D eigenvalue weighted by atomic mass is 10.1. The number of benzene rings is 2. The molecule has 0 amide bonds. The Morgan fingerprint density at radius 3 is 1.23 bits per heavy atom. The summed E-state index contributed by atoms with van der Waals surface area (Å²) < 4.78 is 24.9. The monoisotopic (exact) mass is 366 g/mol. The number of carbonyl (C=O) groups is 2. The van der Waals surface area contributed by atoms with Gasteiger partial charge in [0.1, 0.15) is 23.7 Å². The molecule has 0 heterocycles. The summed E-state index contributed by atoms with van der Waals surface area (Å²) in [6.07, 6.45) is 0.436. The maximum atomic E-state index is 12.4. The second-order valence-corrected chi connectivity index (χ2v) is 5.55. The fourth-order valence-electron chi connectivity index (χ4n) is 1.92. The topological polar surface area (TPSA) is 127 Å². The van der Waals surface area contributed by atoms with Crippen molar-refractivity contribution in [3.05, 3.63) is 71.3 Å². The lowest BCUT2D eigenvalue weighted by molar-refractivity contribution is -0.139. The molecule has 0 aromatic heterocycles. The zero-order valence-electron chi connectivity index (χ0n) is 13.8. The maximum absolute atomic E-state index is 12.4. The summed E-state index contributed by atoms with van der Waals surface area (Å²) in [5.41, 5.74) is 12.0. The predicted octanol–water partition coefficient (Wildman–Crippen LogP) is 1.56. The predicted molar refractivity (Wildman–Crippen MR) is 91.4 cm³/mol. The van der Waals surface area contributed by atoms with Gasteiger partial charge in [-0.05, 0) is 48.2 Å². The Bertz CT molecular complexity index is 657. The van der Waals surface area contributed by atoms with Gasteiger partial charge in [0, 0.05) is 0 Å². The molecule has 26 heavy (non-hydrogen) atoms. The standard InChI is InChI=1S/2C9H10FNO2/c2*10-7-3-1-6(2-4-7)5-8(11)9(12)13/h2*1-4,8H,5,11H2,(H,12,13)/t2*8-/m10/s1. The van der Waals surface area contributed by atoms with Crippen molar-refractivity contribution in [3.63, 3.8) is 0 Å². The van der Waals surface area contributed by atoms with Crippen LogP contribution in [0.5, 0.6) is 0 Å². The van der Waals surface area contributed by atoms with Gasteiger partial charge in [-0.1, -0.05) is 24.3 Å². The zero-order valence-corrected chi connectivity index (χ0v) is 13.8. The van der Waals surface area contributed by atoms with Crippen molar-refractivity contribution in [3.8, 4) is 0 Å². The second-order valence-electron chi connectivity index (χ2n) is 5.55. The molecule has 0 unspecified atom stereocenters. The van der Waals surface area contributed by atoms with Crippen molar-refractivity contribution in [2.75, 3.05) is 0 Å². The minimum Gasteiger partial charge on any atom is -0.480 e. The Morgan fingerprint density at radius 1 is 0.731 bits per heavy atom. The van der Waals surface area contributed by atoms with Crippen molar-refractivity contribution >= 4 is 11.9 Å². The number of carboxylic acids is 2. The van der Waals surface area contributed by atoms with Crippen molar-refractivity contribution in [2.24, 2.45) is 11.5 Å². The van der Waals surface area contributed by atoms with E-state index in [1.165, 1.54) is 48.5 Å². The summed E-state index contributed by atoms with van der Waals surface area (Å²) in [7, 11) is 0. The largest absolute Gasteiger partial charge is 0.480 e. The molecule has 0 saturated heterocycles. The number of carboxylic acid groups (broad SMARTS) is 2. The summed E-state index contributed by atoms with van der Waals surface area (Å²) in [5.74, 6) is -2.78. The number of hydrogen-bond donors (Lipinski definition) is 4. The van der Waals surface area contributed by atoms with Crippen LogP contribution in [0.2, 0.25) is 0 Å². The van der Waals surface area contributed by atoms with Crippen LogP contribution in [0, 0.1) is 11.6 Å². The minimum atomic E-state index is -1.05. The van der Waals surface area contributed by atoms with Crippen molar-refractivity contribution in [1.82, 2.24) is 0 Å². The summed E-state index contributed by atoms with van der Waals surface area (Å²) in [6, 6.07) is 9.38. The van der Waals surface area contributed by atoms with Crippen LogP contribution in [-0.4, -0.2) is 34.2 Å². The van der Waals surface area contributed by atoms with Gasteiger partial charge >= 0.3 is 11.9 Å². The Labute approximate surface area is 149 Å². The average molecular weight is 366 g/mol. The molecular formula is C18H20F2N2O4. The number of rotatable bonds is 6. The molecule has 2 rings (SSSR count). The first-order chi connectivity index (χ1) is 12.2. The zero-order chi connectivity index (χ0) is 19.7. The van der Waals surface area contributed by atoms with Gasteiger partial charge in [0.15, 0.2) is 0 Å². The number of aliphatic carboxylic acids is 2. The Morgan fingerprint density at radius 2 is 1.00 bits per heavy atom. The lowest BCUT2D eigenvalue weighted by Gasteiger charge is -2.05. The third kappa shape index (κ3) is 7.82. The molecule has 0 aliphatic carbocycles. The highest BCUT2D eigenvalue weighted by Crippen LogP contribution is 2.05. The first-order valence-electron chi connectivity index (χ1n) is 7.64. The third-order valence-corrected chi connectivity index (χ3v) is 3.37. The number of halogens is 2. The van der Waals surface area contributed by atoms with E-state index in [-0.39, 0.29) is 24.5 Å². The molecule has 0 radical (unpaired) electrons. The fourth-order valence-corrected chi connectivity index (χ4v) is 1.92. The Kier molecular flexibility index (Phi) is 8.33. The Hall–Kier alpha value is -2.84. The summed E-state index contributed by atoms with van der Waals surface area (Å²) in [5, 5.41) is 17.0. The summed E-state index contributed by atoms with van der Waals surface area (Å²) in [6.45, 7) is 0. The molecule has 0 fully saturated rings. The van der Waals surface area contributed by atoms with Gasteiger partial charge in [-0.3, -0.25) is 9.59 Å².